The molecule has 0 aliphatic heterocycles. The molecule has 0 aliphatic carbocycles. The zero-order valence-electron chi connectivity index (χ0n) is 9.09. The summed E-state index contributed by atoms with van der Waals surface area (Å²) in [6.45, 7) is 2.11. The van der Waals surface area contributed by atoms with Gasteiger partial charge in [-0.05, 0) is 37.3 Å². The van der Waals surface area contributed by atoms with Gasteiger partial charge in [-0.3, -0.25) is 4.98 Å². The summed E-state index contributed by atoms with van der Waals surface area (Å²) in [5.74, 6) is 0. The van der Waals surface area contributed by atoms with Gasteiger partial charge >= 0.3 is 0 Å². The zero-order valence-corrected chi connectivity index (χ0v) is 9.09. The van der Waals surface area contributed by atoms with Gasteiger partial charge in [0.2, 0.25) is 0 Å². The Hall–Kier alpha value is -2.09. The number of fused-ring (bicyclic) bond motifs is 1. The molecule has 2 heteroatoms. The maximum atomic E-state index is 4.14. The second-order valence-corrected chi connectivity index (χ2v) is 3.96. The molecule has 3 rings (SSSR count). The van der Waals surface area contributed by atoms with Crippen LogP contribution in [0.15, 0.2) is 55.0 Å². The van der Waals surface area contributed by atoms with E-state index in [1.54, 1.807) is 6.20 Å². The van der Waals surface area contributed by atoms with Crippen LogP contribution in [0.5, 0.6) is 0 Å². The Morgan fingerprint density at radius 2 is 2.06 bits per heavy atom. The van der Waals surface area contributed by atoms with Crippen molar-refractivity contribution in [1.82, 2.24) is 9.55 Å². The summed E-state index contributed by atoms with van der Waals surface area (Å²) in [6, 6.07) is 12.6. The molecule has 3 aromatic rings. The standard InChI is InChI=1S/C14H12N2/c1-11-4-5-14-12(9-11)6-8-16(14)13-3-2-7-15-10-13/h2-10H,1H3. The molecule has 0 atom stereocenters. The largest absolute Gasteiger partial charge is 0.315 e. The number of nitrogens with zero attached hydrogens (tertiary/aromatic N) is 2. The van der Waals surface area contributed by atoms with Gasteiger partial charge in [-0.1, -0.05) is 11.6 Å². The van der Waals surface area contributed by atoms with Crippen molar-refractivity contribution in [2.75, 3.05) is 0 Å². The van der Waals surface area contributed by atoms with E-state index in [1.165, 1.54) is 16.5 Å². The highest BCUT2D eigenvalue weighted by Gasteiger charge is 2.02. The SMILES string of the molecule is Cc1ccc2c(ccn2-c2cccnc2)c1. The van der Waals surface area contributed by atoms with Gasteiger partial charge in [-0.2, -0.15) is 0 Å². The van der Waals surface area contributed by atoms with E-state index in [0.717, 1.165) is 5.69 Å². The van der Waals surface area contributed by atoms with Crippen molar-refractivity contribution >= 4 is 10.9 Å². The minimum atomic E-state index is 1.10. The second kappa shape index (κ2) is 3.49. The molecule has 0 bridgehead atoms. The molecule has 78 valence electrons. The minimum absolute atomic E-state index is 1.10. The number of hydrogen-bond donors (Lipinski definition) is 0. The molecule has 0 amide bonds. The molecule has 0 N–H and O–H groups in total. The van der Waals surface area contributed by atoms with E-state index in [-0.39, 0.29) is 0 Å². The third-order valence-electron chi connectivity index (χ3n) is 2.77. The predicted octanol–water partition coefficient (Wildman–Crippen LogP) is 3.33. The summed E-state index contributed by atoms with van der Waals surface area (Å²) in [5, 5.41) is 1.27. The molecule has 0 fully saturated rings. The van der Waals surface area contributed by atoms with Gasteiger partial charge in [-0.25, -0.2) is 0 Å². The van der Waals surface area contributed by atoms with Crippen LogP contribution in [0.2, 0.25) is 0 Å². The summed E-state index contributed by atoms with van der Waals surface area (Å²) in [7, 11) is 0. The average molecular weight is 208 g/mol. The average Bonchev–Trinajstić information content (AvgIpc) is 2.73. The lowest BCUT2D eigenvalue weighted by molar-refractivity contribution is 1.10. The third-order valence-corrected chi connectivity index (χ3v) is 2.77. The zero-order chi connectivity index (χ0) is 11.0. The van der Waals surface area contributed by atoms with Crippen molar-refractivity contribution < 1.29 is 0 Å². The lowest BCUT2D eigenvalue weighted by Crippen LogP contribution is -1.91. The van der Waals surface area contributed by atoms with E-state index in [1.807, 2.05) is 12.3 Å². The number of pyridine rings is 1. The van der Waals surface area contributed by atoms with Crippen molar-refractivity contribution in [3.05, 3.63) is 60.6 Å². The van der Waals surface area contributed by atoms with E-state index in [2.05, 4.69) is 53.0 Å². The van der Waals surface area contributed by atoms with Gasteiger partial charge < -0.3 is 4.57 Å². The predicted molar refractivity (Wildman–Crippen MR) is 65.8 cm³/mol. The fourth-order valence-electron chi connectivity index (χ4n) is 1.98. The van der Waals surface area contributed by atoms with Gasteiger partial charge in [0.1, 0.15) is 0 Å². The summed E-state index contributed by atoms with van der Waals surface area (Å²) in [4.78, 5) is 4.14. The molecule has 0 radical (unpaired) electrons. The molecular weight excluding hydrogens is 196 g/mol. The summed E-state index contributed by atoms with van der Waals surface area (Å²) >= 11 is 0. The van der Waals surface area contributed by atoms with E-state index >= 15 is 0 Å². The van der Waals surface area contributed by atoms with Crippen molar-refractivity contribution in [1.29, 1.82) is 0 Å². The van der Waals surface area contributed by atoms with Crippen LogP contribution in [0.1, 0.15) is 5.56 Å². The maximum Gasteiger partial charge on any atom is 0.0639 e. The van der Waals surface area contributed by atoms with Crippen LogP contribution < -0.4 is 0 Å². The summed E-state index contributed by atoms with van der Waals surface area (Å²) < 4.78 is 2.15. The van der Waals surface area contributed by atoms with Gasteiger partial charge in [0, 0.05) is 17.8 Å². The Bertz CT molecular complexity index is 624. The first kappa shape index (κ1) is 9.16. The summed E-state index contributed by atoms with van der Waals surface area (Å²) in [5.41, 5.74) is 3.61. The number of benzene rings is 1. The minimum Gasteiger partial charge on any atom is -0.315 e. The van der Waals surface area contributed by atoms with Gasteiger partial charge in [0.05, 0.1) is 17.4 Å². The second-order valence-electron chi connectivity index (χ2n) is 3.96. The van der Waals surface area contributed by atoms with Gasteiger partial charge in [0.25, 0.3) is 0 Å². The van der Waals surface area contributed by atoms with Crippen molar-refractivity contribution in [2.45, 2.75) is 6.92 Å². The number of rotatable bonds is 1. The molecule has 0 unspecified atom stereocenters. The van der Waals surface area contributed by atoms with Crippen LogP contribution >= 0.6 is 0 Å². The third kappa shape index (κ3) is 1.39. The normalized spacial score (nSPS) is 10.8. The molecule has 1 aromatic carbocycles. The highest BCUT2D eigenvalue weighted by atomic mass is 15.0. The van der Waals surface area contributed by atoms with Crippen LogP contribution in [-0.4, -0.2) is 9.55 Å². The lowest BCUT2D eigenvalue weighted by Gasteiger charge is -2.04. The molecule has 0 spiro atoms. The van der Waals surface area contributed by atoms with Crippen LogP contribution in [0.25, 0.3) is 16.6 Å². The molecule has 0 saturated carbocycles. The quantitative estimate of drug-likeness (QED) is 0.599. The molecule has 16 heavy (non-hydrogen) atoms. The van der Waals surface area contributed by atoms with E-state index in [9.17, 15) is 0 Å². The first-order chi connectivity index (χ1) is 7.84. The number of hydrogen-bond acceptors (Lipinski definition) is 1. The molecule has 0 aliphatic rings. The van der Waals surface area contributed by atoms with E-state index < -0.39 is 0 Å². The van der Waals surface area contributed by atoms with Gasteiger partial charge in [0.15, 0.2) is 0 Å². The Morgan fingerprint density at radius 1 is 1.12 bits per heavy atom. The van der Waals surface area contributed by atoms with E-state index in [0.29, 0.717) is 0 Å². The molecule has 2 nitrogen and oxygen atoms in total. The Labute approximate surface area is 94.2 Å². The molecule has 2 aromatic heterocycles. The molecular formula is C14H12N2. The van der Waals surface area contributed by atoms with Crippen molar-refractivity contribution in [2.24, 2.45) is 0 Å². The highest BCUT2D eigenvalue weighted by molar-refractivity contribution is 5.82. The van der Waals surface area contributed by atoms with E-state index in [4.69, 9.17) is 0 Å². The first-order valence-electron chi connectivity index (χ1n) is 5.33. The Morgan fingerprint density at radius 3 is 2.88 bits per heavy atom. The smallest absolute Gasteiger partial charge is 0.0639 e. The highest BCUT2D eigenvalue weighted by Crippen LogP contribution is 2.20. The monoisotopic (exact) mass is 208 g/mol. The summed E-state index contributed by atoms with van der Waals surface area (Å²) in [6.07, 6.45) is 5.75. The first-order valence-corrected chi connectivity index (χ1v) is 5.33. The topological polar surface area (TPSA) is 17.8 Å². The Kier molecular flexibility index (Phi) is 2.00. The van der Waals surface area contributed by atoms with Crippen molar-refractivity contribution in [3.63, 3.8) is 0 Å². The number of aromatic nitrogens is 2. The fourth-order valence-corrected chi connectivity index (χ4v) is 1.98. The lowest BCUT2D eigenvalue weighted by atomic mass is 10.2. The van der Waals surface area contributed by atoms with Crippen LogP contribution in [-0.2, 0) is 0 Å². The maximum absolute atomic E-state index is 4.14. The molecule has 0 saturated heterocycles. The van der Waals surface area contributed by atoms with Crippen LogP contribution in [0.4, 0.5) is 0 Å². The number of aryl methyl sites for hydroxylation is 1. The molecule has 2 heterocycles. The van der Waals surface area contributed by atoms with Gasteiger partial charge in [-0.15, -0.1) is 0 Å². The Balaban J connectivity index is 2.26. The fraction of sp³-hybridized carbons (Fsp3) is 0.0714. The van der Waals surface area contributed by atoms with Crippen LogP contribution in [0.3, 0.4) is 0 Å². The van der Waals surface area contributed by atoms with Crippen LogP contribution in [0, 0.1) is 6.92 Å². The van der Waals surface area contributed by atoms with Crippen molar-refractivity contribution in [3.8, 4) is 5.69 Å².